The molecule has 19 heavy (non-hydrogen) atoms. The molecule has 0 unspecified atom stereocenters. The van der Waals surface area contributed by atoms with Crippen LogP contribution >= 0.6 is 0 Å². The molecule has 0 aromatic heterocycles. The second kappa shape index (κ2) is 6.03. The van der Waals surface area contributed by atoms with Crippen LogP contribution in [0.1, 0.15) is 25.3 Å². The second-order valence-electron chi connectivity index (χ2n) is 5.12. The lowest BCUT2D eigenvalue weighted by Gasteiger charge is -2.19. The molecule has 0 atom stereocenters. The van der Waals surface area contributed by atoms with Crippen LogP contribution in [0.15, 0.2) is 29.2 Å². The number of rotatable bonds is 7. The lowest BCUT2D eigenvalue weighted by molar-refractivity contribution is 0.452. The summed E-state index contributed by atoms with van der Waals surface area (Å²) in [4.78, 5) is 0.430. The van der Waals surface area contributed by atoms with Gasteiger partial charge in [-0.3, -0.25) is 0 Å². The van der Waals surface area contributed by atoms with Crippen LogP contribution in [0.4, 0.5) is 0 Å². The lowest BCUT2D eigenvalue weighted by atomic mass is 10.2. The first kappa shape index (κ1) is 14.5. The van der Waals surface area contributed by atoms with Gasteiger partial charge in [-0.1, -0.05) is 25.1 Å². The minimum Gasteiger partial charge on any atom is -0.313 e. The van der Waals surface area contributed by atoms with E-state index in [0.717, 1.165) is 24.9 Å². The second-order valence-corrected chi connectivity index (χ2v) is 7.13. The Balaban J connectivity index is 2.22. The Bertz CT molecular complexity index is 524. The molecule has 1 aromatic rings. The summed E-state index contributed by atoms with van der Waals surface area (Å²) in [5.74, 6) is 0.556. The molecule has 0 spiro atoms. The van der Waals surface area contributed by atoms with Crippen molar-refractivity contribution in [3.63, 3.8) is 0 Å². The molecular weight excluding hydrogens is 260 g/mol. The SMILES string of the molecule is CCNCc1ccccc1S(=O)(=O)N(C)CC1CC1. The van der Waals surface area contributed by atoms with Gasteiger partial charge < -0.3 is 5.32 Å². The van der Waals surface area contributed by atoms with Crippen molar-refractivity contribution in [2.45, 2.75) is 31.2 Å². The third kappa shape index (κ3) is 3.55. The first-order valence-corrected chi connectivity index (χ1v) is 8.24. The van der Waals surface area contributed by atoms with Crippen molar-refractivity contribution in [3.05, 3.63) is 29.8 Å². The third-order valence-electron chi connectivity index (χ3n) is 3.44. The number of benzene rings is 1. The van der Waals surface area contributed by atoms with Crippen molar-refractivity contribution in [2.24, 2.45) is 5.92 Å². The van der Waals surface area contributed by atoms with Gasteiger partial charge in [0.15, 0.2) is 0 Å². The summed E-state index contributed by atoms with van der Waals surface area (Å²) in [6.07, 6.45) is 2.30. The Hall–Kier alpha value is -0.910. The zero-order chi connectivity index (χ0) is 13.9. The normalized spacial score (nSPS) is 15.9. The Morgan fingerprint density at radius 1 is 1.32 bits per heavy atom. The van der Waals surface area contributed by atoms with Gasteiger partial charge in [0.25, 0.3) is 0 Å². The molecule has 0 bridgehead atoms. The van der Waals surface area contributed by atoms with Crippen molar-refractivity contribution in [1.29, 1.82) is 0 Å². The molecular formula is C14H22N2O2S. The summed E-state index contributed by atoms with van der Waals surface area (Å²) in [6, 6.07) is 7.24. The van der Waals surface area contributed by atoms with E-state index in [1.807, 2.05) is 19.1 Å². The van der Waals surface area contributed by atoms with Crippen LogP contribution in [0, 0.1) is 5.92 Å². The molecule has 1 aromatic carbocycles. The number of hydrogen-bond donors (Lipinski definition) is 1. The highest BCUT2D eigenvalue weighted by Crippen LogP contribution is 2.31. The van der Waals surface area contributed by atoms with Crippen LogP contribution in [0.5, 0.6) is 0 Å². The molecule has 2 rings (SSSR count). The van der Waals surface area contributed by atoms with Gasteiger partial charge in [0.1, 0.15) is 0 Å². The Morgan fingerprint density at radius 2 is 2.00 bits per heavy atom. The van der Waals surface area contributed by atoms with E-state index in [1.165, 1.54) is 4.31 Å². The van der Waals surface area contributed by atoms with E-state index < -0.39 is 10.0 Å². The standard InChI is InChI=1S/C14H22N2O2S/c1-3-15-10-13-6-4-5-7-14(13)19(17,18)16(2)11-12-8-9-12/h4-7,12,15H,3,8-11H2,1-2H3. The highest BCUT2D eigenvalue weighted by Gasteiger charge is 2.30. The van der Waals surface area contributed by atoms with Gasteiger partial charge >= 0.3 is 0 Å². The van der Waals surface area contributed by atoms with Gasteiger partial charge in [0.2, 0.25) is 10.0 Å². The summed E-state index contributed by atoms with van der Waals surface area (Å²) in [5.41, 5.74) is 0.840. The zero-order valence-corrected chi connectivity index (χ0v) is 12.4. The van der Waals surface area contributed by atoms with Gasteiger partial charge in [0, 0.05) is 20.1 Å². The maximum atomic E-state index is 12.6. The smallest absolute Gasteiger partial charge is 0.243 e. The molecule has 0 radical (unpaired) electrons. The van der Waals surface area contributed by atoms with E-state index in [1.54, 1.807) is 19.2 Å². The Labute approximate surface area is 115 Å². The molecule has 0 amide bonds. The third-order valence-corrected chi connectivity index (χ3v) is 5.36. The van der Waals surface area contributed by atoms with E-state index in [4.69, 9.17) is 0 Å². The molecule has 1 aliphatic rings. The van der Waals surface area contributed by atoms with Gasteiger partial charge in [-0.2, -0.15) is 0 Å². The molecule has 0 saturated heterocycles. The maximum absolute atomic E-state index is 12.6. The molecule has 1 saturated carbocycles. The highest BCUT2D eigenvalue weighted by molar-refractivity contribution is 7.89. The molecule has 0 aliphatic heterocycles. The minimum atomic E-state index is -3.36. The quantitative estimate of drug-likeness (QED) is 0.830. The topological polar surface area (TPSA) is 49.4 Å². The van der Waals surface area contributed by atoms with Crippen molar-refractivity contribution in [3.8, 4) is 0 Å². The van der Waals surface area contributed by atoms with Crippen LogP contribution in [0.3, 0.4) is 0 Å². The lowest BCUT2D eigenvalue weighted by Crippen LogP contribution is -2.30. The van der Waals surface area contributed by atoms with Crippen molar-refractivity contribution < 1.29 is 8.42 Å². The molecule has 0 heterocycles. The fourth-order valence-corrected chi connectivity index (χ4v) is 3.56. The average Bonchev–Trinajstić information content (AvgIpc) is 3.20. The van der Waals surface area contributed by atoms with Crippen LogP contribution in [-0.2, 0) is 16.6 Å². The van der Waals surface area contributed by atoms with E-state index >= 15 is 0 Å². The van der Waals surface area contributed by atoms with E-state index in [9.17, 15) is 8.42 Å². The molecule has 5 heteroatoms. The number of hydrogen-bond acceptors (Lipinski definition) is 3. The van der Waals surface area contributed by atoms with Gasteiger partial charge in [-0.15, -0.1) is 0 Å². The van der Waals surface area contributed by atoms with Crippen LogP contribution in [0.2, 0.25) is 0 Å². The van der Waals surface area contributed by atoms with Gasteiger partial charge in [-0.05, 0) is 36.9 Å². The summed E-state index contributed by atoms with van der Waals surface area (Å²) < 4.78 is 26.7. The maximum Gasteiger partial charge on any atom is 0.243 e. The summed E-state index contributed by atoms with van der Waals surface area (Å²) in [7, 11) is -1.68. The van der Waals surface area contributed by atoms with Gasteiger partial charge in [-0.25, -0.2) is 12.7 Å². The molecule has 1 aliphatic carbocycles. The number of sulfonamides is 1. The van der Waals surface area contributed by atoms with Crippen LogP contribution in [0.25, 0.3) is 0 Å². The van der Waals surface area contributed by atoms with Gasteiger partial charge in [0.05, 0.1) is 4.90 Å². The fourth-order valence-electron chi connectivity index (χ4n) is 2.09. The fraction of sp³-hybridized carbons (Fsp3) is 0.571. The van der Waals surface area contributed by atoms with Crippen LogP contribution < -0.4 is 5.32 Å². The van der Waals surface area contributed by atoms with Crippen molar-refractivity contribution >= 4 is 10.0 Å². The van der Waals surface area contributed by atoms with Crippen LogP contribution in [-0.4, -0.2) is 32.9 Å². The first-order chi connectivity index (χ1) is 9.05. The largest absolute Gasteiger partial charge is 0.313 e. The predicted octanol–water partition coefficient (Wildman–Crippen LogP) is 1.83. The minimum absolute atomic E-state index is 0.430. The summed E-state index contributed by atoms with van der Waals surface area (Å²) in [5, 5.41) is 3.19. The number of nitrogens with one attached hydrogen (secondary N) is 1. The summed E-state index contributed by atoms with van der Waals surface area (Å²) >= 11 is 0. The molecule has 1 N–H and O–H groups in total. The monoisotopic (exact) mass is 282 g/mol. The highest BCUT2D eigenvalue weighted by atomic mass is 32.2. The summed E-state index contributed by atoms with van der Waals surface area (Å²) in [6.45, 7) is 4.06. The van der Waals surface area contributed by atoms with E-state index in [2.05, 4.69) is 5.32 Å². The average molecular weight is 282 g/mol. The van der Waals surface area contributed by atoms with E-state index in [-0.39, 0.29) is 0 Å². The predicted molar refractivity (Wildman–Crippen MR) is 76.4 cm³/mol. The Kier molecular flexibility index (Phi) is 4.60. The van der Waals surface area contributed by atoms with Crippen molar-refractivity contribution in [2.75, 3.05) is 20.1 Å². The molecule has 106 valence electrons. The van der Waals surface area contributed by atoms with Crippen molar-refractivity contribution in [1.82, 2.24) is 9.62 Å². The number of nitrogens with zero attached hydrogens (tertiary/aromatic N) is 1. The Morgan fingerprint density at radius 3 is 2.63 bits per heavy atom. The van der Waals surface area contributed by atoms with E-state index in [0.29, 0.717) is 23.9 Å². The molecule has 1 fully saturated rings. The first-order valence-electron chi connectivity index (χ1n) is 6.80. The molecule has 4 nitrogen and oxygen atoms in total. The zero-order valence-electron chi connectivity index (χ0n) is 11.6.